The van der Waals surface area contributed by atoms with Gasteiger partial charge >= 0.3 is 5.97 Å². The van der Waals surface area contributed by atoms with Crippen LogP contribution in [0.15, 0.2) is 30.3 Å². The van der Waals surface area contributed by atoms with Gasteiger partial charge in [-0.15, -0.1) is 0 Å². The first-order chi connectivity index (χ1) is 12.2. The van der Waals surface area contributed by atoms with E-state index in [1.165, 1.54) is 0 Å². The largest absolute Gasteiger partial charge is 0.449 e. The minimum absolute atomic E-state index is 0.0962. The number of anilines is 2. The Labute approximate surface area is 144 Å². The van der Waals surface area contributed by atoms with Crippen molar-refractivity contribution in [3.05, 3.63) is 52.6 Å². The molecular weight excluding hydrogens is 320 g/mol. The molecule has 7 heteroatoms. The van der Waals surface area contributed by atoms with Crippen LogP contribution in [0.5, 0.6) is 0 Å². The van der Waals surface area contributed by atoms with Gasteiger partial charge in [-0.2, -0.15) is 5.26 Å². The van der Waals surface area contributed by atoms with Crippen molar-refractivity contribution in [2.24, 2.45) is 0 Å². The number of nitriles is 1. The fraction of sp³-hybridized carbons (Fsp3) is 0.278. The van der Waals surface area contributed by atoms with Gasteiger partial charge in [-0.3, -0.25) is 0 Å². The van der Waals surface area contributed by atoms with E-state index >= 15 is 0 Å². The predicted molar refractivity (Wildman–Crippen MR) is 90.1 cm³/mol. The normalized spacial score (nSPS) is 19.2. The quantitative estimate of drug-likeness (QED) is 0.832. The van der Waals surface area contributed by atoms with E-state index in [1.807, 2.05) is 35.2 Å². The van der Waals surface area contributed by atoms with E-state index in [0.717, 1.165) is 5.56 Å². The summed E-state index contributed by atoms with van der Waals surface area (Å²) in [6.07, 6.45) is -0.650. The highest BCUT2D eigenvalue weighted by Gasteiger charge is 2.39. The van der Waals surface area contributed by atoms with E-state index in [1.54, 1.807) is 0 Å². The van der Waals surface area contributed by atoms with E-state index in [2.05, 4.69) is 11.1 Å². The zero-order valence-electron chi connectivity index (χ0n) is 13.4. The number of hydrogen-bond acceptors (Lipinski definition) is 7. The average molecular weight is 336 g/mol. The highest BCUT2D eigenvalue weighted by atomic mass is 16.5. The molecule has 1 aromatic heterocycles. The lowest BCUT2D eigenvalue weighted by atomic mass is 9.95. The number of ether oxygens (including phenoxy) is 2. The molecule has 7 nitrogen and oxygen atoms in total. The smallest absolute Gasteiger partial charge is 0.343 e. The number of morpholine rings is 1. The summed E-state index contributed by atoms with van der Waals surface area (Å²) in [4.78, 5) is 18.6. The third-order valence-electron chi connectivity index (χ3n) is 4.46. The molecule has 1 aromatic carbocycles. The molecule has 0 spiro atoms. The van der Waals surface area contributed by atoms with Crippen LogP contribution in [0.1, 0.15) is 33.2 Å². The van der Waals surface area contributed by atoms with Gasteiger partial charge in [0.15, 0.2) is 6.10 Å². The maximum absolute atomic E-state index is 12.3. The number of carbonyl (C=O) groups excluding carboxylic acids is 1. The van der Waals surface area contributed by atoms with E-state index in [9.17, 15) is 10.1 Å². The fourth-order valence-electron chi connectivity index (χ4n) is 3.29. The van der Waals surface area contributed by atoms with Crippen LogP contribution >= 0.6 is 0 Å². The standard InChI is InChI=1S/C18H16N4O3/c19-10-12-13-14(16(20)21-17(12)22-6-8-24-9-7-22)18(23)25-15(13)11-4-2-1-3-5-11/h1-5,15H,6-9H2,(H2,20,21). The third kappa shape index (κ3) is 2.47. The van der Waals surface area contributed by atoms with Crippen molar-refractivity contribution in [1.82, 2.24) is 4.98 Å². The predicted octanol–water partition coefficient (Wildman–Crippen LogP) is 1.63. The molecule has 3 heterocycles. The van der Waals surface area contributed by atoms with Crippen LogP contribution in [0, 0.1) is 11.3 Å². The van der Waals surface area contributed by atoms with Crippen LogP contribution in [0.2, 0.25) is 0 Å². The molecule has 1 unspecified atom stereocenters. The molecule has 1 fully saturated rings. The van der Waals surface area contributed by atoms with Gasteiger partial charge in [0, 0.05) is 18.7 Å². The summed E-state index contributed by atoms with van der Waals surface area (Å²) in [7, 11) is 0. The molecule has 0 radical (unpaired) electrons. The molecule has 0 aliphatic carbocycles. The topological polar surface area (TPSA) is 101 Å². The molecule has 0 amide bonds. The Bertz CT molecular complexity index is 870. The van der Waals surface area contributed by atoms with Crippen LogP contribution in [0.25, 0.3) is 0 Å². The molecule has 2 N–H and O–H groups in total. The van der Waals surface area contributed by atoms with Crippen LogP contribution in [0.3, 0.4) is 0 Å². The molecule has 25 heavy (non-hydrogen) atoms. The lowest BCUT2D eigenvalue weighted by molar-refractivity contribution is 0.0456. The van der Waals surface area contributed by atoms with Gasteiger partial charge in [0.05, 0.1) is 13.2 Å². The first kappa shape index (κ1) is 15.4. The molecule has 2 aromatic rings. The Morgan fingerprint density at radius 3 is 2.64 bits per heavy atom. The lowest BCUT2D eigenvalue weighted by Gasteiger charge is -2.29. The van der Waals surface area contributed by atoms with Crippen LogP contribution in [-0.4, -0.2) is 37.3 Å². The van der Waals surface area contributed by atoms with Gasteiger partial charge in [-0.25, -0.2) is 9.78 Å². The maximum atomic E-state index is 12.3. The number of fused-ring (bicyclic) bond motifs is 1. The van der Waals surface area contributed by atoms with Crippen LogP contribution in [-0.2, 0) is 9.47 Å². The van der Waals surface area contributed by atoms with Crippen molar-refractivity contribution in [2.75, 3.05) is 36.9 Å². The first-order valence-electron chi connectivity index (χ1n) is 8.02. The number of pyridine rings is 1. The highest BCUT2D eigenvalue weighted by Crippen LogP contribution is 2.42. The van der Waals surface area contributed by atoms with Crippen molar-refractivity contribution in [3.8, 4) is 6.07 Å². The Morgan fingerprint density at radius 1 is 1.24 bits per heavy atom. The minimum Gasteiger partial charge on any atom is -0.449 e. The molecule has 0 saturated carbocycles. The fourth-order valence-corrected chi connectivity index (χ4v) is 3.29. The molecule has 4 rings (SSSR count). The van der Waals surface area contributed by atoms with Gasteiger partial charge < -0.3 is 20.1 Å². The number of nitrogens with two attached hydrogens (primary N) is 1. The number of carbonyl (C=O) groups is 1. The van der Waals surface area contributed by atoms with E-state index in [0.29, 0.717) is 43.2 Å². The molecule has 1 atom stereocenters. The van der Waals surface area contributed by atoms with Crippen molar-refractivity contribution in [2.45, 2.75) is 6.10 Å². The number of aromatic nitrogens is 1. The second-order valence-corrected chi connectivity index (χ2v) is 5.89. The van der Waals surface area contributed by atoms with E-state index in [4.69, 9.17) is 15.2 Å². The van der Waals surface area contributed by atoms with Crippen molar-refractivity contribution >= 4 is 17.6 Å². The number of esters is 1. The van der Waals surface area contributed by atoms with Gasteiger partial charge in [0.1, 0.15) is 28.8 Å². The van der Waals surface area contributed by atoms with Gasteiger partial charge in [0.25, 0.3) is 0 Å². The monoisotopic (exact) mass is 336 g/mol. The average Bonchev–Trinajstić information content (AvgIpc) is 3.01. The second-order valence-electron chi connectivity index (χ2n) is 5.89. The Hall–Kier alpha value is -3.11. The summed E-state index contributed by atoms with van der Waals surface area (Å²) >= 11 is 0. The highest BCUT2D eigenvalue weighted by molar-refractivity contribution is 6.00. The second kappa shape index (κ2) is 6.07. The third-order valence-corrected chi connectivity index (χ3v) is 4.46. The summed E-state index contributed by atoms with van der Waals surface area (Å²) in [5.74, 6) is 0.0408. The minimum atomic E-state index is -0.650. The van der Waals surface area contributed by atoms with E-state index < -0.39 is 12.1 Å². The molecule has 126 valence electrons. The summed E-state index contributed by atoms with van der Waals surface area (Å²) in [5, 5.41) is 9.80. The molecule has 2 aliphatic rings. The number of benzene rings is 1. The van der Waals surface area contributed by atoms with Crippen molar-refractivity contribution in [1.29, 1.82) is 5.26 Å². The molecular formula is C18H16N4O3. The number of hydrogen-bond donors (Lipinski definition) is 1. The van der Waals surface area contributed by atoms with E-state index in [-0.39, 0.29) is 11.4 Å². The maximum Gasteiger partial charge on any atom is 0.343 e. The Balaban J connectivity index is 1.91. The Kier molecular flexibility index (Phi) is 3.75. The zero-order valence-corrected chi connectivity index (χ0v) is 13.4. The van der Waals surface area contributed by atoms with Gasteiger partial charge in [0.2, 0.25) is 0 Å². The van der Waals surface area contributed by atoms with Crippen LogP contribution in [0.4, 0.5) is 11.6 Å². The van der Waals surface area contributed by atoms with Gasteiger partial charge in [-0.05, 0) is 5.56 Å². The zero-order chi connectivity index (χ0) is 17.4. The SMILES string of the molecule is N#Cc1c(N2CCOCC2)nc(N)c2c1C(c1ccccc1)OC2=O. The Morgan fingerprint density at radius 2 is 1.96 bits per heavy atom. The van der Waals surface area contributed by atoms with Crippen molar-refractivity contribution < 1.29 is 14.3 Å². The first-order valence-corrected chi connectivity index (χ1v) is 8.02. The van der Waals surface area contributed by atoms with Crippen molar-refractivity contribution in [3.63, 3.8) is 0 Å². The summed E-state index contributed by atoms with van der Waals surface area (Å²) < 4.78 is 10.9. The summed E-state index contributed by atoms with van der Waals surface area (Å²) in [6.45, 7) is 2.34. The van der Waals surface area contributed by atoms with Crippen LogP contribution < -0.4 is 10.6 Å². The number of nitrogens with zero attached hydrogens (tertiary/aromatic N) is 3. The summed E-state index contributed by atoms with van der Waals surface area (Å²) in [6, 6.07) is 11.5. The number of nitrogen functional groups attached to an aromatic ring is 1. The molecule has 0 bridgehead atoms. The number of cyclic esters (lactones) is 1. The molecule has 1 saturated heterocycles. The number of rotatable bonds is 2. The molecule has 2 aliphatic heterocycles. The summed E-state index contributed by atoms with van der Waals surface area (Å²) in [5.41, 5.74) is 7.89. The lowest BCUT2D eigenvalue weighted by Crippen LogP contribution is -2.37. The van der Waals surface area contributed by atoms with Gasteiger partial charge in [-0.1, -0.05) is 30.3 Å².